The Morgan fingerprint density at radius 2 is 2.70 bits per heavy atom. The second-order valence-corrected chi connectivity index (χ2v) is 2.20. The van der Waals surface area contributed by atoms with Crippen LogP contribution in [0.5, 0.6) is 0 Å². The van der Waals surface area contributed by atoms with Crippen molar-refractivity contribution >= 4 is 6.09 Å². The summed E-state index contributed by atoms with van der Waals surface area (Å²) in [6, 6.07) is 0. The minimum Gasteiger partial charge on any atom is -0.440 e. The van der Waals surface area contributed by atoms with Crippen molar-refractivity contribution in [2.24, 2.45) is 0 Å². The summed E-state index contributed by atoms with van der Waals surface area (Å²) in [4.78, 5) is 12.5. The molecule has 3 nitrogen and oxygen atoms in total. The van der Waals surface area contributed by atoms with Gasteiger partial charge in [-0.1, -0.05) is 6.58 Å². The maximum absolute atomic E-state index is 10.8. The van der Waals surface area contributed by atoms with Crippen LogP contribution in [0.15, 0.2) is 12.7 Å². The zero-order chi connectivity index (χ0) is 7.56. The summed E-state index contributed by atoms with van der Waals surface area (Å²) < 4.78 is 4.88. The molecule has 0 radical (unpaired) electrons. The van der Waals surface area contributed by atoms with Gasteiger partial charge >= 0.3 is 6.09 Å². The zero-order valence-electron chi connectivity index (χ0n) is 6.04. The highest BCUT2D eigenvalue weighted by atomic mass is 16.6. The van der Waals surface area contributed by atoms with Crippen molar-refractivity contribution < 1.29 is 9.53 Å². The molecular formula is C7H11NO2. The molecule has 0 spiro atoms. The van der Waals surface area contributed by atoms with Crippen LogP contribution in [0.1, 0.15) is 6.92 Å². The van der Waals surface area contributed by atoms with Crippen LogP contribution in [0.25, 0.3) is 0 Å². The second-order valence-electron chi connectivity index (χ2n) is 2.20. The van der Waals surface area contributed by atoms with Crippen molar-refractivity contribution in [1.82, 2.24) is 4.90 Å². The Labute approximate surface area is 60.3 Å². The van der Waals surface area contributed by atoms with Gasteiger partial charge in [-0.15, -0.1) is 0 Å². The lowest BCUT2D eigenvalue weighted by Gasteiger charge is -2.06. The molecular weight excluding hydrogens is 130 g/mol. The number of rotatable bonds is 2. The third-order valence-corrected chi connectivity index (χ3v) is 1.56. The highest BCUT2D eigenvalue weighted by molar-refractivity contribution is 5.70. The fraction of sp³-hybridized carbons (Fsp3) is 0.571. The predicted octanol–water partition coefficient (Wildman–Crippen LogP) is 1.01. The molecule has 1 unspecified atom stereocenters. The van der Waals surface area contributed by atoms with Crippen molar-refractivity contribution in [2.45, 2.75) is 13.0 Å². The van der Waals surface area contributed by atoms with Crippen LogP contribution >= 0.6 is 0 Å². The van der Waals surface area contributed by atoms with E-state index in [1.807, 2.05) is 6.92 Å². The van der Waals surface area contributed by atoms with Crippen molar-refractivity contribution in [3.05, 3.63) is 12.7 Å². The quantitative estimate of drug-likeness (QED) is 0.537. The van der Waals surface area contributed by atoms with E-state index < -0.39 is 0 Å². The molecule has 0 aromatic rings. The molecule has 0 N–H and O–H groups in total. The van der Waals surface area contributed by atoms with Crippen LogP contribution < -0.4 is 0 Å². The second kappa shape index (κ2) is 2.73. The predicted molar refractivity (Wildman–Crippen MR) is 37.7 cm³/mol. The molecule has 1 amide bonds. The first-order chi connectivity index (χ1) is 4.77. The molecule has 1 fully saturated rings. The zero-order valence-corrected chi connectivity index (χ0v) is 6.04. The minimum atomic E-state index is -0.229. The van der Waals surface area contributed by atoms with Crippen LogP contribution in [0, 0.1) is 0 Å². The van der Waals surface area contributed by atoms with Crippen molar-refractivity contribution in [3.8, 4) is 0 Å². The van der Waals surface area contributed by atoms with Gasteiger partial charge in [-0.05, 0) is 13.0 Å². The van der Waals surface area contributed by atoms with Crippen LogP contribution in [-0.4, -0.2) is 30.2 Å². The number of ether oxygens (including phenoxy) is 1. The number of carbonyl (C=O) groups excluding carboxylic acids is 1. The topological polar surface area (TPSA) is 29.5 Å². The molecule has 1 aliphatic rings. The van der Waals surface area contributed by atoms with Gasteiger partial charge < -0.3 is 9.64 Å². The Morgan fingerprint density at radius 1 is 2.00 bits per heavy atom. The van der Waals surface area contributed by atoms with E-state index in [1.54, 1.807) is 11.0 Å². The molecule has 1 rings (SSSR count). The maximum Gasteiger partial charge on any atom is 0.410 e. The van der Waals surface area contributed by atoms with E-state index >= 15 is 0 Å². The Bertz CT molecular complexity index is 156. The Morgan fingerprint density at radius 3 is 3.00 bits per heavy atom. The number of cyclic esters (lactones) is 1. The number of hydrogen-bond donors (Lipinski definition) is 0. The lowest BCUT2D eigenvalue weighted by atomic mass is 10.3. The van der Waals surface area contributed by atoms with E-state index in [4.69, 9.17) is 4.74 Å². The normalized spacial score (nSPS) is 24.7. The Kier molecular flexibility index (Phi) is 1.94. The van der Waals surface area contributed by atoms with Crippen molar-refractivity contribution in [3.63, 3.8) is 0 Å². The molecule has 56 valence electrons. The van der Waals surface area contributed by atoms with Crippen LogP contribution in [0.4, 0.5) is 4.79 Å². The van der Waals surface area contributed by atoms with Gasteiger partial charge in [0.25, 0.3) is 0 Å². The van der Waals surface area contributed by atoms with Gasteiger partial charge in [-0.2, -0.15) is 0 Å². The Balaban J connectivity index is 2.51. The van der Waals surface area contributed by atoms with Gasteiger partial charge in [0.15, 0.2) is 0 Å². The molecule has 10 heavy (non-hydrogen) atoms. The minimum absolute atomic E-state index is 0.104. The van der Waals surface area contributed by atoms with E-state index in [0.29, 0.717) is 13.1 Å². The molecule has 1 atom stereocenters. The average molecular weight is 141 g/mol. The number of amides is 1. The van der Waals surface area contributed by atoms with Crippen molar-refractivity contribution in [2.75, 3.05) is 13.1 Å². The summed E-state index contributed by atoms with van der Waals surface area (Å²) in [5.41, 5.74) is 0. The molecule has 0 saturated carbocycles. The highest BCUT2D eigenvalue weighted by Gasteiger charge is 2.27. The number of nitrogens with zero attached hydrogens (tertiary/aromatic N) is 1. The fourth-order valence-corrected chi connectivity index (χ4v) is 0.914. The van der Waals surface area contributed by atoms with E-state index in [2.05, 4.69) is 6.58 Å². The van der Waals surface area contributed by atoms with Crippen LogP contribution in [0.3, 0.4) is 0 Å². The molecule has 0 bridgehead atoms. The largest absolute Gasteiger partial charge is 0.440 e. The fourth-order valence-electron chi connectivity index (χ4n) is 0.914. The summed E-state index contributed by atoms with van der Waals surface area (Å²) in [7, 11) is 0. The molecule has 0 aromatic heterocycles. The van der Waals surface area contributed by atoms with Gasteiger partial charge in [-0.25, -0.2) is 4.79 Å². The maximum atomic E-state index is 10.8. The van der Waals surface area contributed by atoms with Gasteiger partial charge in [0.05, 0.1) is 6.54 Å². The highest BCUT2D eigenvalue weighted by Crippen LogP contribution is 2.10. The van der Waals surface area contributed by atoms with Crippen molar-refractivity contribution in [1.29, 1.82) is 0 Å². The molecule has 1 aliphatic heterocycles. The van der Waals surface area contributed by atoms with E-state index in [0.717, 1.165) is 0 Å². The first-order valence-corrected chi connectivity index (χ1v) is 3.36. The average Bonchev–Trinajstić information content (AvgIpc) is 2.30. The first-order valence-electron chi connectivity index (χ1n) is 3.36. The summed E-state index contributed by atoms with van der Waals surface area (Å²) in [6.07, 6.45) is 1.31. The molecule has 0 aromatic carbocycles. The van der Waals surface area contributed by atoms with E-state index in [9.17, 15) is 4.79 Å². The Hall–Kier alpha value is -0.990. The molecule has 0 aliphatic carbocycles. The monoisotopic (exact) mass is 141 g/mol. The SMILES string of the molecule is C=CC1CN(CC)C(=O)O1. The van der Waals surface area contributed by atoms with Gasteiger partial charge in [0.1, 0.15) is 6.10 Å². The van der Waals surface area contributed by atoms with Gasteiger partial charge in [-0.3, -0.25) is 0 Å². The molecule has 1 saturated heterocycles. The number of hydrogen-bond acceptors (Lipinski definition) is 2. The van der Waals surface area contributed by atoms with Crippen LogP contribution in [-0.2, 0) is 4.74 Å². The third kappa shape index (κ3) is 1.12. The number of carbonyl (C=O) groups is 1. The standard InChI is InChI=1S/C7H11NO2/c1-3-6-5-8(4-2)7(9)10-6/h3,6H,1,4-5H2,2H3. The van der Waals surface area contributed by atoms with Gasteiger partial charge in [0, 0.05) is 6.54 Å². The number of likely N-dealkylation sites (N-methyl/N-ethyl adjacent to an activating group) is 1. The van der Waals surface area contributed by atoms with Gasteiger partial charge in [0.2, 0.25) is 0 Å². The first kappa shape index (κ1) is 7.12. The summed E-state index contributed by atoms with van der Waals surface area (Å²) in [5, 5.41) is 0. The summed E-state index contributed by atoms with van der Waals surface area (Å²) in [5.74, 6) is 0. The lowest BCUT2D eigenvalue weighted by Crippen LogP contribution is -2.23. The third-order valence-electron chi connectivity index (χ3n) is 1.56. The molecule has 3 heteroatoms. The van der Waals surface area contributed by atoms with E-state index in [-0.39, 0.29) is 12.2 Å². The smallest absolute Gasteiger partial charge is 0.410 e. The lowest BCUT2D eigenvalue weighted by molar-refractivity contribution is 0.146. The summed E-state index contributed by atoms with van der Waals surface area (Å²) >= 11 is 0. The van der Waals surface area contributed by atoms with E-state index in [1.165, 1.54) is 0 Å². The molecule has 1 heterocycles. The summed E-state index contributed by atoms with van der Waals surface area (Å²) in [6.45, 7) is 6.83. The van der Waals surface area contributed by atoms with Crippen LogP contribution in [0.2, 0.25) is 0 Å².